The third-order valence-electron chi connectivity index (χ3n) is 5.23. The minimum absolute atomic E-state index is 0.0854. The number of piperazine rings is 1. The van der Waals surface area contributed by atoms with Gasteiger partial charge in [0.05, 0.1) is 12.6 Å². The zero-order valence-electron chi connectivity index (χ0n) is 14.5. The van der Waals surface area contributed by atoms with Crippen molar-refractivity contribution in [1.82, 2.24) is 30.2 Å². The van der Waals surface area contributed by atoms with Crippen molar-refractivity contribution in [2.75, 3.05) is 45.8 Å². The standard InChI is InChI=1S/C16H24N6O3/c1-11(15-18-14(19-25-15)12-2-3-12)21-8-6-20(7-9-21)10-13(23)22-5-4-17-16(22)24/h11-12H,2-10H2,1H3,(H,17,24). The molecule has 25 heavy (non-hydrogen) atoms. The van der Waals surface area contributed by atoms with Crippen molar-refractivity contribution in [3.05, 3.63) is 11.7 Å². The lowest BCUT2D eigenvalue weighted by Gasteiger charge is -2.36. The van der Waals surface area contributed by atoms with E-state index in [1.54, 1.807) is 0 Å². The molecule has 4 rings (SSSR count). The summed E-state index contributed by atoms with van der Waals surface area (Å²) in [6.45, 7) is 6.63. The molecule has 3 fully saturated rings. The summed E-state index contributed by atoms with van der Waals surface area (Å²) in [5, 5.41) is 6.75. The molecule has 1 saturated carbocycles. The average molecular weight is 348 g/mol. The molecule has 3 aliphatic rings. The molecular formula is C16H24N6O3. The van der Waals surface area contributed by atoms with E-state index in [-0.39, 0.29) is 18.0 Å². The monoisotopic (exact) mass is 348 g/mol. The van der Waals surface area contributed by atoms with Crippen LogP contribution in [0, 0.1) is 0 Å². The number of rotatable bonds is 5. The second-order valence-corrected chi connectivity index (χ2v) is 7.03. The van der Waals surface area contributed by atoms with Gasteiger partial charge in [-0.25, -0.2) is 4.79 Å². The second kappa shape index (κ2) is 6.72. The molecule has 0 bridgehead atoms. The van der Waals surface area contributed by atoms with Gasteiger partial charge in [-0.2, -0.15) is 4.98 Å². The quantitative estimate of drug-likeness (QED) is 0.811. The van der Waals surface area contributed by atoms with Gasteiger partial charge >= 0.3 is 6.03 Å². The average Bonchev–Trinajstić information content (AvgIpc) is 3.18. The van der Waals surface area contributed by atoms with E-state index in [4.69, 9.17) is 4.52 Å². The van der Waals surface area contributed by atoms with Crippen LogP contribution in [0.25, 0.3) is 0 Å². The van der Waals surface area contributed by atoms with E-state index in [1.807, 2.05) is 0 Å². The lowest BCUT2D eigenvalue weighted by atomic mass is 10.2. The fourth-order valence-electron chi connectivity index (χ4n) is 3.38. The summed E-state index contributed by atoms with van der Waals surface area (Å²) in [5.74, 6) is 1.90. The Labute approximate surface area is 146 Å². The summed E-state index contributed by atoms with van der Waals surface area (Å²) in [6.07, 6.45) is 2.32. The Kier molecular flexibility index (Phi) is 4.43. The van der Waals surface area contributed by atoms with Gasteiger partial charge in [0.1, 0.15) is 0 Å². The van der Waals surface area contributed by atoms with Gasteiger partial charge < -0.3 is 9.84 Å². The lowest BCUT2D eigenvalue weighted by molar-refractivity contribution is -0.129. The Hall–Kier alpha value is -2.00. The van der Waals surface area contributed by atoms with Gasteiger partial charge in [0.15, 0.2) is 5.82 Å². The lowest BCUT2D eigenvalue weighted by Crippen LogP contribution is -2.50. The van der Waals surface area contributed by atoms with Crippen LogP contribution in [-0.4, -0.2) is 82.6 Å². The highest BCUT2D eigenvalue weighted by atomic mass is 16.5. The zero-order chi connectivity index (χ0) is 17.4. The highest BCUT2D eigenvalue weighted by Gasteiger charge is 2.32. The van der Waals surface area contributed by atoms with E-state index in [0.29, 0.717) is 31.4 Å². The van der Waals surface area contributed by atoms with Gasteiger partial charge in [-0.15, -0.1) is 0 Å². The topological polar surface area (TPSA) is 94.8 Å². The molecule has 1 aromatic heterocycles. The maximum absolute atomic E-state index is 12.2. The van der Waals surface area contributed by atoms with Crippen LogP contribution >= 0.6 is 0 Å². The van der Waals surface area contributed by atoms with Crippen molar-refractivity contribution in [2.45, 2.75) is 31.7 Å². The molecule has 1 aliphatic carbocycles. The number of carbonyl (C=O) groups is 2. The second-order valence-electron chi connectivity index (χ2n) is 7.03. The van der Waals surface area contributed by atoms with Crippen LogP contribution in [0.1, 0.15) is 43.4 Å². The molecule has 3 amide bonds. The van der Waals surface area contributed by atoms with Crippen LogP contribution in [0.4, 0.5) is 4.79 Å². The number of imide groups is 1. The molecule has 1 N–H and O–H groups in total. The van der Waals surface area contributed by atoms with Crippen LogP contribution in [0.2, 0.25) is 0 Å². The van der Waals surface area contributed by atoms with Gasteiger partial charge in [-0.3, -0.25) is 19.5 Å². The Bertz CT molecular complexity index is 650. The fraction of sp³-hybridized carbons (Fsp3) is 0.750. The van der Waals surface area contributed by atoms with Gasteiger partial charge in [0, 0.05) is 45.2 Å². The summed E-state index contributed by atoms with van der Waals surface area (Å²) in [6, 6.07) is -0.192. The van der Waals surface area contributed by atoms with Crippen molar-refractivity contribution in [2.24, 2.45) is 0 Å². The molecule has 9 nitrogen and oxygen atoms in total. The summed E-state index contributed by atoms with van der Waals surface area (Å²) < 4.78 is 5.43. The summed E-state index contributed by atoms with van der Waals surface area (Å²) in [5.41, 5.74) is 0. The molecule has 136 valence electrons. The molecule has 0 spiro atoms. The Balaban J connectivity index is 1.27. The SMILES string of the molecule is CC(c1nc(C2CC2)no1)N1CCN(CC(=O)N2CCNC2=O)CC1. The van der Waals surface area contributed by atoms with Crippen molar-refractivity contribution >= 4 is 11.9 Å². The minimum atomic E-state index is -0.278. The van der Waals surface area contributed by atoms with E-state index < -0.39 is 0 Å². The molecule has 0 radical (unpaired) electrons. The number of carbonyl (C=O) groups excluding carboxylic acids is 2. The first-order valence-corrected chi connectivity index (χ1v) is 9.00. The molecule has 3 heterocycles. The van der Waals surface area contributed by atoms with Crippen molar-refractivity contribution < 1.29 is 14.1 Å². The van der Waals surface area contributed by atoms with Crippen molar-refractivity contribution in [1.29, 1.82) is 0 Å². The predicted octanol–water partition coefficient (Wildman–Crippen LogP) is 0.177. The van der Waals surface area contributed by atoms with Crippen molar-refractivity contribution in [3.8, 4) is 0 Å². The van der Waals surface area contributed by atoms with E-state index in [0.717, 1.165) is 44.8 Å². The molecule has 2 saturated heterocycles. The molecule has 2 aliphatic heterocycles. The van der Waals surface area contributed by atoms with E-state index >= 15 is 0 Å². The highest BCUT2D eigenvalue weighted by Crippen LogP contribution is 2.38. The molecule has 0 aromatic carbocycles. The maximum atomic E-state index is 12.2. The number of hydrogen-bond acceptors (Lipinski definition) is 7. The number of nitrogens with zero attached hydrogens (tertiary/aromatic N) is 5. The van der Waals surface area contributed by atoms with Gasteiger partial charge in [0.2, 0.25) is 11.8 Å². The minimum Gasteiger partial charge on any atom is -0.338 e. The number of nitrogens with one attached hydrogen (secondary N) is 1. The van der Waals surface area contributed by atoms with E-state index in [2.05, 4.69) is 32.2 Å². The summed E-state index contributed by atoms with van der Waals surface area (Å²) in [4.78, 5) is 34.0. The first kappa shape index (κ1) is 16.5. The zero-order valence-corrected chi connectivity index (χ0v) is 14.5. The van der Waals surface area contributed by atoms with Gasteiger partial charge in [-0.1, -0.05) is 5.16 Å². The maximum Gasteiger partial charge on any atom is 0.324 e. The largest absolute Gasteiger partial charge is 0.338 e. The third kappa shape index (κ3) is 3.52. The molecule has 1 aromatic rings. The first-order valence-electron chi connectivity index (χ1n) is 9.00. The molecule has 1 unspecified atom stereocenters. The normalized spacial score (nSPS) is 23.7. The number of hydrogen-bond donors (Lipinski definition) is 1. The molecular weight excluding hydrogens is 324 g/mol. The summed E-state index contributed by atoms with van der Waals surface area (Å²) >= 11 is 0. The Morgan fingerprint density at radius 1 is 1.28 bits per heavy atom. The van der Waals surface area contributed by atoms with Crippen molar-refractivity contribution in [3.63, 3.8) is 0 Å². The van der Waals surface area contributed by atoms with Crippen LogP contribution in [0.5, 0.6) is 0 Å². The van der Waals surface area contributed by atoms with E-state index in [9.17, 15) is 9.59 Å². The fourth-order valence-corrected chi connectivity index (χ4v) is 3.38. The molecule has 9 heteroatoms. The number of aromatic nitrogens is 2. The number of urea groups is 1. The predicted molar refractivity (Wildman–Crippen MR) is 87.8 cm³/mol. The van der Waals surface area contributed by atoms with Gasteiger partial charge in [0.25, 0.3) is 0 Å². The Morgan fingerprint density at radius 2 is 2.04 bits per heavy atom. The van der Waals surface area contributed by atoms with Crippen LogP contribution in [0.3, 0.4) is 0 Å². The summed E-state index contributed by atoms with van der Waals surface area (Å²) in [7, 11) is 0. The van der Waals surface area contributed by atoms with Crippen LogP contribution in [0.15, 0.2) is 4.52 Å². The number of amides is 3. The highest BCUT2D eigenvalue weighted by molar-refractivity contribution is 5.96. The van der Waals surface area contributed by atoms with E-state index in [1.165, 1.54) is 4.90 Å². The van der Waals surface area contributed by atoms with Crippen LogP contribution in [-0.2, 0) is 4.79 Å². The smallest absolute Gasteiger partial charge is 0.324 e. The molecule has 1 atom stereocenters. The van der Waals surface area contributed by atoms with Gasteiger partial charge in [-0.05, 0) is 19.8 Å². The Morgan fingerprint density at radius 3 is 2.68 bits per heavy atom. The van der Waals surface area contributed by atoms with Crippen LogP contribution < -0.4 is 5.32 Å². The first-order chi connectivity index (χ1) is 12.1. The third-order valence-corrected chi connectivity index (χ3v) is 5.23.